The van der Waals surface area contributed by atoms with Gasteiger partial charge in [0, 0.05) is 25.2 Å². The first kappa shape index (κ1) is 15.3. The Kier molecular flexibility index (Phi) is 4.77. The lowest BCUT2D eigenvalue weighted by molar-refractivity contribution is -0.129. The van der Waals surface area contributed by atoms with E-state index in [9.17, 15) is 14.0 Å². The van der Waals surface area contributed by atoms with Gasteiger partial charge in [-0.05, 0) is 38.0 Å². The van der Waals surface area contributed by atoms with E-state index in [1.54, 1.807) is 0 Å². The van der Waals surface area contributed by atoms with Gasteiger partial charge in [-0.2, -0.15) is 0 Å². The van der Waals surface area contributed by atoms with E-state index in [4.69, 9.17) is 0 Å². The summed E-state index contributed by atoms with van der Waals surface area (Å²) in [5, 5.41) is 5.39. The molecule has 2 rings (SSSR count). The molecule has 0 radical (unpaired) electrons. The topological polar surface area (TPSA) is 61.4 Å². The maximum absolute atomic E-state index is 13.7. The molecule has 1 aromatic carbocycles. The summed E-state index contributed by atoms with van der Waals surface area (Å²) in [6, 6.07) is 4.57. The minimum Gasteiger partial charge on any atom is -0.374 e. The van der Waals surface area contributed by atoms with E-state index < -0.39 is 5.82 Å². The lowest BCUT2D eigenvalue weighted by atomic mass is 10.2. The number of anilines is 2. The predicted octanol–water partition coefficient (Wildman–Crippen LogP) is 2.21. The summed E-state index contributed by atoms with van der Waals surface area (Å²) in [5.41, 5.74) is 0.704. The first-order valence-electron chi connectivity index (χ1n) is 7.11. The number of nitrogens with zero attached hydrogens (tertiary/aromatic N) is 1. The van der Waals surface area contributed by atoms with Crippen molar-refractivity contribution in [3.8, 4) is 0 Å². The van der Waals surface area contributed by atoms with E-state index >= 15 is 0 Å². The Morgan fingerprint density at radius 3 is 2.67 bits per heavy atom. The summed E-state index contributed by atoms with van der Waals surface area (Å²) in [4.78, 5) is 24.9. The molecule has 1 aromatic rings. The SMILES string of the molecule is CCN(C(=O)CNc1cc(NC(C)=O)ccc1F)C1CC1. The Morgan fingerprint density at radius 1 is 1.38 bits per heavy atom. The van der Waals surface area contributed by atoms with Gasteiger partial charge in [-0.3, -0.25) is 9.59 Å². The first-order chi connectivity index (χ1) is 10.0. The molecule has 21 heavy (non-hydrogen) atoms. The van der Waals surface area contributed by atoms with Gasteiger partial charge >= 0.3 is 0 Å². The van der Waals surface area contributed by atoms with E-state index in [2.05, 4.69) is 10.6 Å². The fourth-order valence-electron chi connectivity index (χ4n) is 2.24. The van der Waals surface area contributed by atoms with Crippen LogP contribution in [-0.2, 0) is 9.59 Å². The number of hydrogen-bond acceptors (Lipinski definition) is 3. The second-order valence-corrected chi connectivity index (χ2v) is 5.14. The average molecular weight is 293 g/mol. The molecule has 2 N–H and O–H groups in total. The van der Waals surface area contributed by atoms with Crippen LogP contribution in [0.4, 0.5) is 15.8 Å². The molecule has 5 nitrogen and oxygen atoms in total. The highest BCUT2D eigenvalue weighted by atomic mass is 19.1. The fourth-order valence-corrected chi connectivity index (χ4v) is 2.24. The number of carbonyl (C=O) groups excluding carboxylic acids is 2. The van der Waals surface area contributed by atoms with Crippen molar-refractivity contribution >= 4 is 23.2 Å². The van der Waals surface area contributed by atoms with Crippen LogP contribution in [-0.4, -0.2) is 35.8 Å². The Bertz CT molecular complexity index is 544. The molecule has 0 spiro atoms. The van der Waals surface area contributed by atoms with Crippen molar-refractivity contribution < 1.29 is 14.0 Å². The monoisotopic (exact) mass is 293 g/mol. The van der Waals surface area contributed by atoms with Crippen LogP contribution in [0.3, 0.4) is 0 Å². The standard InChI is InChI=1S/C15H20FN3O2/c1-3-19(12-5-6-12)15(21)9-17-14-8-11(18-10(2)20)4-7-13(14)16/h4,7-8,12,17H,3,5-6,9H2,1-2H3,(H,18,20). The van der Waals surface area contributed by atoms with Crippen molar-refractivity contribution in [2.24, 2.45) is 0 Å². The van der Waals surface area contributed by atoms with E-state index in [1.165, 1.54) is 25.1 Å². The van der Waals surface area contributed by atoms with Crippen LogP contribution < -0.4 is 10.6 Å². The van der Waals surface area contributed by atoms with Crippen molar-refractivity contribution in [3.05, 3.63) is 24.0 Å². The molecule has 0 saturated heterocycles. The van der Waals surface area contributed by atoms with E-state index in [0.717, 1.165) is 12.8 Å². The third-order valence-electron chi connectivity index (χ3n) is 3.37. The van der Waals surface area contributed by atoms with Crippen LogP contribution >= 0.6 is 0 Å². The summed E-state index contributed by atoms with van der Waals surface area (Å²) in [6.45, 7) is 4.04. The molecule has 0 aliphatic heterocycles. The summed E-state index contributed by atoms with van der Waals surface area (Å²) >= 11 is 0. The van der Waals surface area contributed by atoms with Gasteiger partial charge in [0.2, 0.25) is 11.8 Å². The Balaban J connectivity index is 1.98. The predicted molar refractivity (Wildman–Crippen MR) is 79.6 cm³/mol. The van der Waals surface area contributed by atoms with Gasteiger partial charge in [0.1, 0.15) is 5.82 Å². The van der Waals surface area contributed by atoms with E-state index in [0.29, 0.717) is 18.3 Å². The Hall–Kier alpha value is -2.11. The molecule has 0 aromatic heterocycles. The van der Waals surface area contributed by atoms with Gasteiger partial charge < -0.3 is 15.5 Å². The number of rotatable bonds is 6. The van der Waals surface area contributed by atoms with Gasteiger partial charge in [0.05, 0.1) is 12.2 Å². The van der Waals surface area contributed by atoms with Crippen molar-refractivity contribution in [2.45, 2.75) is 32.7 Å². The van der Waals surface area contributed by atoms with Gasteiger partial charge in [-0.25, -0.2) is 4.39 Å². The molecule has 0 bridgehead atoms. The number of halogens is 1. The third-order valence-corrected chi connectivity index (χ3v) is 3.37. The smallest absolute Gasteiger partial charge is 0.242 e. The zero-order valence-corrected chi connectivity index (χ0v) is 12.3. The number of carbonyl (C=O) groups is 2. The van der Waals surface area contributed by atoms with E-state index in [-0.39, 0.29) is 24.0 Å². The fraction of sp³-hybridized carbons (Fsp3) is 0.467. The van der Waals surface area contributed by atoms with Crippen LogP contribution in [0.5, 0.6) is 0 Å². The normalized spacial score (nSPS) is 13.7. The molecule has 0 atom stereocenters. The van der Waals surface area contributed by atoms with Crippen LogP contribution in [0.2, 0.25) is 0 Å². The molecule has 114 valence electrons. The van der Waals surface area contributed by atoms with Gasteiger partial charge in [-0.1, -0.05) is 0 Å². The van der Waals surface area contributed by atoms with Gasteiger partial charge in [-0.15, -0.1) is 0 Å². The van der Waals surface area contributed by atoms with Gasteiger partial charge in [0.15, 0.2) is 0 Å². The molecule has 1 aliphatic carbocycles. The summed E-state index contributed by atoms with van der Waals surface area (Å²) < 4.78 is 13.7. The maximum atomic E-state index is 13.7. The zero-order valence-electron chi connectivity index (χ0n) is 12.3. The van der Waals surface area contributed by atoms with Crippen LogP contribution in [0, 0.1) is 5.82 Å². The van der Waals surface area contributed by atoms with Crippen molar-refractivity contribution in [1.82, 2.24) is 4.90 Å². The second kappa shape index (κ2) is 6.56. The molecular weight excluding hydrogens is 273 g/mol. The number of amides is 2. The summed E-state index contributed by atoms with van der Waals surface area (Å²) in [6.07, 6.45) is 2.10. The van der Waals surface area contributed by atoms with Crippen LogP contribution in [0.1, 0.15) is 26.7 Å². The van der Waals surface area contributed by atoms with Crippen LogP contribution in [0.25, 0.3) is 0 Å². The average Bonchev–Trinajstić information content (AvgIpc) is 3.24. The number of nitrogens with one attached hydrogen (secondary N) is 2. The molecule has 0 heterocycles. The minimum absolute atomic E-state index is 0.0377. The molecule has 0 unspecified atom stereocenters. The second-order valence-electron chi connectivity index (χ2n) is 5.14. The van der Waals surface area contributed by atoms with Crippen LogP contribution in [0.15, 0.2) is 18.2 Å². The molecule has 1 aliphatic rings. The lowest BCUT2D eigenvalue weighted by Crippen LogP contribution is -2.37. The number of benzene rings is 1. The maximum Gasteiger partial charge on any atom is 0.242 e. The number of hydrogen-bond donors (Lipinski definition) is 2. The summed E-state index contributed by atoms with van der Waals surface area (Å²) in [7, 11) is 0. The molecular formula is C15H20FN3O2. The molecule has 2 amide bonds. The molecule has 6 heteroatoms. The Labute approximate surface area is 123 Å². The van der Waals surface area contributed by atoms with Crippen molar-refractivity contribution in [1.29, 1.82) is 0 Å². The first-order valence-corrected chi connectivity index (χ1v) is 7.11. The Morgan fingerprint density at radius 2 is 2.10 bits per heavy atom. The number of likely N-dealkylation sites (N-methyl/N-ethyl adjacent to an activating group) is 1. The quantitative estimate of drug-likeness (QED) is 0.845. The molecule has 1 fully saturated rings. The highest BCUT2D eigenvalue weighted by molar-refractivity contribution is 5.89. The zero-order chi connectivity index (χ0) is 15.4. The highest BCUT2D eigenvalue weighted by Crippen LogP contribution is 2.26. The van der Waals surface area contributed by atoms with Gasteiger partial charge in [0.25, 0.3) is 0 Å². The minimum atomic E-state index is -0.452. The molecule has 1 saturated carbocycles. The lowest BCUT2D eigenvalue weighted by Gasteiger charge is -2.21. The third kappa shape index (κ3) is 4.18. The highest BCUT2D eigenvalue weighted by Gasteiger charge is 2.30. The van der Waals surface area contributed by atoms with E-state index in [1.807, 2.05) is 11.8 Å². The van der Waals surface area contributed by atoms with Crippen molar-refractivity contribution in [2.75, 3.05) is 23.7 Å². The summed E-state index contributed by atoms with van der Waals surface area (Å²) in [5.74, 6) is -0.717. The largest absolute Gasteiger partial charge is 0.374 e. The van der Waals surface area contributed by atoms with Crippen molar-refractivity contribution in [3.63, 3.8) is 0 Å².